The summed E-state index contributed by atoms with van der Waals surface area (Å²) in [6, 6.07) is 3.10. The molecule has 2 aromatic carbocycles. The largest absolute Gasteiger partial charge is 0.586 e. The number of hydrogen-bond acceptors (Lipinski definition) is 8. The third kappa shape index (κ3) is 5.89. The average Bonchev–Trinajstić information content (AvgIpc) is 3.13. The number of amides is 2. The number of rotatable bonds is 7. The lowest BCUT2D eigenvalue weighted by molar-refractivity contribution is -0.286. The number of likely N-dealkylation sites (N-methyl/N-ethyl adjacent to an activating group) is 1. The Morgan fingerprint density at radius 1 is 1.10 bits per heavy atom. The monoisotopic (exact) mass is 561 g/mol. The summed E-state index contributed by atoms with van der Waals surface area (Å²) in [5.41, 5.74) is 5.06. The minimum absolute atomic E-state index is 0.0657. The molecule has 2 amide bonds. The molecule has 2 aliphatic rings. The first kappa shape index (κ1) is 27.3. The predicted octanol–water partition coefficient (Wildman–Crippen LogP) is 3.78. The van der Waals surface area contributed by atoms with Crippen molar-refractivity contribution in [3.8, 4) is 34.5 Å². The zero-order chi connectivity index (χ0) is 28.7. The molecule has 0 saturated carbocycles. The van der Waals surface area contributed by atoms with Gasteiger partial charge < -0.3 is 39.6 Å². The van der Waals surface area contributed by atoms with Crippen molar-refractivity contribution >= 4 is 11.8 Å². The maximum Gasteiger partial charge on any atom is 0.586 e. The number of ether oxygens (including phenoxy) is 5. The van der Waals surface area contributed by atoms with Crippen LogP contribution in [0.5, 0.6) is 34.5 Å². The molecule has 2 heterocycles. The molecule has 3 N–H and O–H groups in total. The number of nitrogens with zero attached hydrogens (tertiary/aromatic N) is 1. The second-order valence-corrected chi connectivity index (χ2v) is 7.91. The summed E-state index contributed by atoms with van der Waals surface area (Å²) in [6.07, 6.45) is -6.51. The van der Waals surface area contributed by atoms with Gasteiger partial charge in [0, 0.05) is 31.4 Å². The van der Waals surface area contributed by atoms with Gasteiger partial charge in [0.2, 0.25) is 11.6 Å². The number of fused-ring (bicyclic) bond motifs is 1. The Labute approximate surface area is 215 Å². The molecular weight excluding hydrogens is 544 g/mol. The number of nitrogens with two attached hydrogens (primary N) is 1. The highest BCUT2D eigenvalue weighted by atomic mass is 19.4. The smallest absolute Gasteiger partial charge is 0.490 e. The fraction of sp³-hybridized carbons (Fsp3) is 0.217. The van der Waals surface area contributed by atoms with Crippen molar-refractivity contribution in [2.24, 2.45) is 5.73 Å². The summed E-state index contributed by atoms with van der Waals surface area (Å²) in [7, 11) is 2.50. The molecule has 2 aliphatic heterocycles. The summed E-state index contributed by atoms with van der Waals surface area (Å²) in [4.78, 5) is 26.3. The lowest BCUT2D eigenvalue weighted by atomic mass is 10.1. The van der Waals surface area contributed by atoms with Gasteiger partial charge in [0.1, 0.15) is 11.4 Å². The van der Waals surface area contributed by atoms with Gasteiger partial charge in [0.15, 0.2) is 23.0 Å². The lowest BCUT2D eigenvalue weighted by Crippen LogP contribution is -2.33. The van der Waals surface area contributed by atoms with Crippen molar-refractivity contribution in [2.75, 3.05) is 20.7 Å². The Balaban J connectivity index is 1.72. The molecule has 2 aromatic rings. The number of methoxy groups -OCH3 is 1. The predicted molar refractivity (Wildman–Crippen MR) is 118 cm³/mol. The van der Waals surface area contributed by atoms with Crippen molar-refractivity contribution in [1.82, 2.24) is 10.2 Å². The summed E-state index contributed by atoms with van der Waals surface area (Å²) in [5.74, 6) is -7.56. The van der Waals surface area contributed by atoms with Crippen LogP contribution >= 0.6 is 0 Å². The first-order valence-corrected chi connectivity index (χ1v) is 10.7. The van der Waals surface area contributed by atoms with E-state index >= 15 is 0 Å². The first-order chi connectivity index (χ1) is 18.2. The molecule has 0 spiro atoms. The average molecular weight is 561 g/mol. The standard InChI is InChI=1S/C23H17F6N3O7/c1-32-6-5-10(7-12(32)20(30)33)31-21(34)11-8-16-17(39-23(28,29)38-16)9-15(11)36-14-4-3-13(37-22(25,26)27)18(24)19(14)35-2/h3-5,7-9H,6H2,1-2H3,(H2,30,33)(H,31,34). The van der Waals surface area contributed by atoms with Crippen LogP contribution in [-0.2, 0) is 4.79 Å². The number of nitrogens with one attached hydrogen (secondary N) is 1. The number of benzene rings is 2. The van der Waals surface area contributed by atoms with Crippen molar-refractivity contribution < 1.29 is 59.6 Å². The van der Waals surface area contributed by atoms with Gasteiger partial charge in [-0.25, -0.2) is 0 Å². The molecular formula is C23H17F6N3O7. The van der Waals surface area contributed by atoms with Gasteiger partial charge in [-0.3, -0.25) is 9.59 Å². The lowest BCUT2D eigenvalue weighted by Gasteiger charge is -2.24. The number of halogens is 6. The molecule has 0 aliphatic carbocycles. The summed E-state index contributed by atoms with van der Waals surface area (Å²) < 4.78 is 102. The van der Waals surface area contributed by atoms with Crippen LogP contribution in [0.4, 0.5) is 26.3 Å². The van der Waals surface area contributed by atoms with E-state index in [0.29, 0.717) is 6.07 Å². The number of alkyl halides is 5. The Hall–Kier alpha value is -4.76. The molecule has 0 bridgehead atoms. The molecule has 0 unspecified atom stereocenters. The highest BCUT2D eigenvalue weighted by Gasteiger charge is 2.44. The molecule has 0 aromatic heterocycles. The van der Waals surface area contributed by atoms with Crippen LogP contribution in [0.1, 0.15) is 10.4 Å². The molecule has 16 heteroatoms. The zero-order valence-electron chi connectivity index (χ0n) is 19.8. The number of allylic oxidation sites excluding steroid dienone is 1. The fourth-order valence-electron chi connectivity index (χ4n) is 3.55. The van der Waals surface area contributed by atoms with E-state index in [9.17, 15) is 35.9 Å². The quantitative estimate of drug-likeness (QED) is 0.490. The van der Waals surface area contributed by atoms with E-state index in [1.54, 1.807) is 7.05 Å². The van der Waals surface area contributed by atoms with Gasteiger partial charge in [-0.2, -0.15) is 4.39 Å². The third-order valence-corrected chi connectivity index (χ3v) is 5.22. The topological polar surface area (TPSA) is 122 Å². The van der Waals surface area contributed by atoms with E-state index in [1.165, 1.54) is 17.1 Å². The zero-order valence-corrected chi connectivity index (χ0v) is 19.8. The highest BCUT2D eigenvalue weighted by Crippen LogP contribution is 2.47. The van der Waals surface area contributed by atoms with Crippen LogP contribution in [0.2, 0.25) is 0 Å². The van der Waals surface area contributed by atoms with E-state index in [4.69, 9.17) is 15.2 Å². The van der Waals surface area contributed by atoms with Crippen LogP contribution in [0.25, 0.3) is 0 Å². The van der Waals surface area contributed by atoms with Crippen LogP contribution in [0.3, 0.4) is 0 Å². The number of primary amides is 1. The van der Waals surface area contributed by atoms with Crippen molar-refractivity contribution in [1.29, 1.82) is 0 Å². The second kappa shape index (κ2) is 9.85. The Morgan fingerprint density at radius 3 is 2.36 bits per heavy atom. The summed E-state index contributed by atoms with van der Waals surface area (Å²) in [6.45, 7) is 0.184. The minimum atomic E-state index is -5.21. The van der Waals surface area contributed by atoms with Gasteiger partial charge in [-0.05, 0) is 24.3 Å². The van der Waals surface area contributed by atoms with E-state index in [0.717, 1.165) is 25.3 Å². The molecule has 0 atom stereocenters. The van der Waals surface area contributed by atoms with E-state index < -0.39 is 70.3 Å². The van der Waals surface area contributed by atoms with E-state index in [2.05, 4.69) is 19.5 Å². The van der Waals surface area contributed by atoms with Gasteiger partial charge in [0.05, 0.1) is 12.7 Å². The van der Waals surface area contributed by atoms with Crippen LogP contribution < -0.4 is 34.7 Å². The van der Waals surface area contributed by atoms with Crippen LogP contribution in [-0.4, -0.2) is 50.1 Å². The Bertz CT molecular complexity index is 1410. The van der Waals surface area contributed by atoms with Crippen LogP contribution in [0.15, 0.2) is 47.8 Å². The van der Waals surface area contributed by atoms with Gasteiger partial charge in [-0.1, -0.05) is 0 Å². The highest BCUT2D eigenvalue weighted by molar-refractivity contribution is 5.99. The SMILES string of the molecule is COc1c(Oc2cc3c(cc2C(=O)NC2=CCN(C)C(C(N)=O)=C2)OC(F)(F)O3)ccc(OC(F)(F)F)c1F. The third-order valence-electron chi connectivity index (χ3n) is 5.22. The maximum atomic E-state index is 14.7. The normalized spacial score (nSPS) is 15.7. The van der Waals surface area contributed by atoms with Gasteiger partial charge >= 0.3 is 12.7 Å². The number of carbonyl (C=O) groups is 2. The maximum absolute atomic E-state index is 14.7. The van der Waals surface area contributed by atoms with Crippen molar-refractivity contribution in [2.45, 2.75) is 12.7 Å². The summed E-state index contributed by atoms with van der Waals surface area (Å²) >= 11 is 0. The molecule has 208 valence electrons. The number of carbonyl (C=O) groups excluding carboxylic acids is 2. The molecule has 0 radical (unpaired) electrons. The molecule has 4 rings (SSSR count). The fourth-order valence-corrected chi connectivity index (χ4v) is 3.55. The summed E-state index contributed by atoms with van der Waals surface area (Å²) in [5, 5.41) is 2.45. The Morgan fingerprint density at radius 2 is 1.74 bits per heavy atom. The van der Waals surface area contributed by atoms with Crippen molar-refractivity contribution in [3.05, 3.63) is 59.2 Å². The second-order valence-electron chi connectivity index (χ2n) is 7.91. The molecule has 10 nitrogen and oxygen atoms in total. The number of hydrogen-bond donors (Lipinski definition) is 2. The molecule has 0 saturated heterocycles. The first-order valence-electron chi connectivity index (χ1n) is 10.7. The van der Waals surface area contributed by atoms with Gasteiger partial charge in [0.25, 0.3) is 11.8 Å². The molecule has 0 fully saturated rings. The Kier molecular flexibility index (Phi) is 6.89. The van der Waals surface area contributed by atoms with Gasteiger partial charge in [-0.15, -0.1) is 22.0 Å². The van der Waals surface area contributed by atoms with Crippen molar-refractivity contribution in [3.63, 3.8) is 0 Å². The molecule has 39 heavy (non-hydrogen) atoms. The van der Waals surface area contributed by atoms with E-state index in [1.807, 2.05) is 0 Å². The van der Waals surface area contributed by atoms with E-state index in [-0.39, 0.29) is 17.9 Å². The van der Waals surface area contributed by atoms with Crippen LogP contribution in [0, 0.1) is 5.82 Å². The minimum Gasteiger partial charge on any atom is -0.490 e.